The van der Waals surface area contributed by atoms with Gasteiger partial charge >= 0.3 is 0 Å². The summed E-state index contributed by atoms with van der Waals surface area (Å²) in [6.07, 6.45) is 0. The molecule has 0 amide bonds. The minimum atomic E-state index is 0.880. The summed E-state index contributed by atoms with van der Waals surface area (Å²) in [5.74, 6) is 0.883. The van der Waals surface area contributed by atoms with E-state index in [9.17, 15) is 0 Å². The lowest BCUT2D eigenvalue weighted by Gasteiger charge is -2.20. The van der Waals surface area contributed by atoms with E-state index in [1.807, 2.05) is 30.3 Å². The number of hydrogen-bond acceptors (Lipinski definition) is 3. The van der Waals surface area contributed by atoms with Crippen molar-refractivity contribution < 1.29 is 4.74 Å². The van der Waals surface area contributed by atoms with E-state index in [-0.39, 0.29) is 0 Å². The summed E-state index contributed by atoms with van der Waals surface area (Å²) in [5, 5.41) is 3.42. The Morgan fingerprint density at radius 3 is 2.45 bits per heavy atom. The summed E-state index contributed by atoms with van der Waals surface area (Å²) in [6, 6.07) is 16.2. The van der Waals surface area contributed by atoms with Crippen molar-refractivity contribution in [3.63, 3.8) is 0 Å². The summed E-state index contributed by atoms with van der Waals surface area (Å²) in [4.78, 5) is 2.21. The van der Waals surface area contributed by atoms with Crippen LogP contribution in [0.2, 0.25) is 0 Å². The van der Waals surface area contributed by atoms with Crippen LogP contribution in [0.4, 0.5) is 11.4 Å². The van der Waals surface area contributed by atoms with Gasteiger partial charge < -0.3 is 15.0 Å². The van der Waals surface area contributed by atoms with E-state index in [0.717, 1.165) is 29.0 Å². The third-order valence-electron chi connectivity index (χ3n) is 3.15. The van der Waals surface area contributed by atoms with Gasteiger partial charge in [-0.05, 0) is 52.3 Å². The maximum absolute atomic E-state index is 5.16. The standard InChI is InChI=1S/C16H19BrN2O/c1-19(13-7-9-14(20-2)10-8-13)12-11-18-16-6-4-3-5-15(16)17/h3-10,18H,11-12H2,1-2H3. The molecule has 0 fully saturated rings. The van der Waals surface area contributed by atoms with Crippen molar-refractivity contribution in [2.24, 2.45) is 0 Å². The Hall–Kier alpha value is -1.68. The van der Waals surface area contributed by atoms with E-state index in [4.69, 9.17) is 4.74 Å². The van der Waals surface area contributed by atoms with E-state index in [0.29, 0.717) is 0 Å². The molecule has 0 spiro atoms. The van der Waals surface area contributed by atoms with Crippen LogP contribution in [0.25, 0.3) is 0 Å². The number of ether oxygens (including phenoxy) is 1. The summed E-state index contributed by atoms with van der Waals surface area (Å²) in [6.45, 7) is 1.80. The van der Waals surface area contributed by atoms with Gasteiger partial charge in [0.05, 0.1) is 7.11 Å². The van der Waals surface area contributed by atoms with Crippen LogP contribution in [-0.4, -0.2) is 27.2 Å². The number of para-hydroxylation sites is 1. The van der Waals surface area contributed by atoms with Gasteiger partial charge in [0.25, 0.3) is 0 Å². The highest BCUT2D eigenvalue weighted by molar-refractivity contribution is 9.10. The van der Waals surface area contributed by atoms with Crippen molar-refractivity contribution in [1.29, 1.82) is 0 Å². The Kier molecular flexibility index (Phi) is 5.30. The molecule has 0 heterocycles. The third-order valence-corrected chi connectivity index (χ3v) is 3.84. The molecule has 0 aliphatic heterocycles. The van der Waals surface area contributed by atoms with Crippen molar-refractivity contribution in [3.8, 4) is 5.75 Å². The van der Waals surface area contributed by atoms with Gasteiger partial charge in [-0.3, -0.25) is 0 Å². The molecule has 4 heteroatoms. The molecule has 2 aromatic carbocycles. The smallest absolute Gasteiger partial charge is 0.119 e. The summed E-state index contributed by atoms with van der Waals surface area (Å²) in [5.41, 5.74) is 2.30. The number of hydrogen-bond donors (Lipinski definition) is 1. The van der Waals surface area contributed by atoms with E-state index in [2.05, 4.69) is 51.4 Å². The first-order chi connectivity index (χ1) is 9.70. The topological polar surface area (TPSA) is 24.5 Å². The fourth-order valence-corrected chi connectivity index (χ4v) is 2.35. The van der Waals surface area contributed by atoms with Gasteiger partial charge in [0.1, 0.15) is 5.75 Å². The molecule has 0 aliphatic carbocycles. The van der Waals surface area contributed by atoms with E-state index in [1.165, 1.54) is 5.69 Å². The fourth-order valence-electron chi connectivity index (χ4n) is 1.93. The predicted molar refractivity (Wildman–Crippen MR) is 88.9 cm³/mol. The first-order valence-electron chi connectivity index (χ1n) is 6.54. The monoisotopic (exact) mass is 334 g/mol. The lowest BCUT2D eigenvalue weighted by molar-refractivity contribution is 0.415. The largest absolute Gasteiger partial charge is 0.497 e. The van der Waals surface area contributed by atoms with Gasteiger partial charge in [0.2, 0.25) is 0 Å². The second-order valence-corrected chi connectivity index (χ2v) is 5.38. The minimum Gasteiger partial charge on any atom is -0.497 e. The molecular formula is C16H19BrN2O. The average Bonchev–Trinajstić information content (AvgIpc) is 2.49. The molecule has 0 bridgehead atoms. The van der Waals surface area contributed by atoms with Crippen LogP contribution in [0.1, 0.15) is 0 Å². The highest BCUT2D eigenvalue weighted by Crippen LogP contribution is 2.21. The quantitative estimate of drug-likeness (QED) is 0.863. The second kappa shape index (κ2) is 7.20. The van der Waals surface area contributed by atoms with Crippen molar-refractivity contribution in [3.05, 3.63) is 53.0 Å². The highest BCUT2D eigenvalue weighted by Gasteiger charge is 2.02. The first-order valence-corrected chi connectivity index (χ1v) is 7.33. The molecule has 0 saturated carbocycles. The number of halogens is 1. The molecule has 20 heavy (non-hydrogen) atoms. The number of anilines is 2. The van der Waals surface area contributed by atoms with E-state index in [1.54, 1.807) is 7.11 Å². The molecule has 1 N–H and O–H groups in total. The molecule has 3 nitrogen and oxygen atoms in total. The van der Waals surface area contributed by atoms with Gasteiger partial charge in [-0.2, -0.15) is 0 Å². The zero-order valence-electron chi connectivity index (χ0n) is 11.8. The molecule has 0 saturated heterocycles. The zero-order valence-corrected chi connectivity index (χ0v) is 13.4. The maximum Gasteiger partial charge on any atom is 0.119 e. The first kappa shape index (κ1) is 14.7. The molecule has 0 unspecified atom stereocenters. The van der Waals surface area contributed by atoms with Crippen molar-refractivity contribution >= 4 is 27.3 Å². The van der Waals surface area contributed by atoms with Crippen LogP contribution >= 0.6 is 15.9 Å². The van der Waals surface area contributed by atoms with Crippen molar-refractivity contribution in [1.82, 2.24) is 0 Å². The van der Waals surface area contributed by atoms with Crippen molar-refractivity contribution in [2.45, 2.75) is 0 Å². The Balaban J connectivity index is 1.85. The molecule has 0 aliphatic rings. The summed E-state index contributed by atoms with van der Waals surface area (Å²) >= 11 is 3.53. The zero-order chi connectivity index (χ0) is 14.4. The fraction of sp³-hybridized carbons (Fsp3) is 0.250. The molecule has 2 aromatic rings. The van der Waals surface area contributed by atoms with E-state index >= 15 is 0 Å². The van der Waals surface area contributed by atoms with Crippen LogP contribution in [0, 0.1) is 0 Å². The number of methoxy groups -OCH3 is 1. The van der Waals surface area contributed by atoms with Gasteiger partial charge in [-0.1, -0.05) is 12.1 Å². The van der Waals surface area contributed by atoms with Gasteiger partial charge in [-0.25, -0.2) is 0 Å². The Labute approximate surface area is 128 Å². The predicted octanol–water partition coefficient (Wildman–Crippen LogP) is 4.01. The van der Waals surface area contributed by atoms with Crippen molar-refractivity contribution in [2.75, 3.05) is 37.5 Å². The highest BCUT2D eigenvalue weighted by atomic mass is 79.9. The van der Waals surface area contributed by atoms with Crippen LogP contribution in [0.5, 0.6) is 5.75 Å². The molecule has 0 aromatic heterocycles. The van der Waals surface area contributed by atoms with Gasteiger partial charge in [0, 0.05) is 36.0 Å². The molecule has 0 atom stereocenters. The summed E-state index contributed by atoms with van der Waals surface area (Å²) in [7, 11) is 3.77. The average molecular weight is 335 g/mol. The summed E-state index contributed by atoms with van der Waals surface area (Å²) < 4.78 is 6.25. The number of nitrogens with zero attached hydrogens (tertiary/aromatic N) is 1. The van der Waals surface area contributed by atoms with Gasteiger partial charge in [-0.15, -0.1) is 0 Å². The Morgan fingerprint density at radius 1 is 1.10 bits per heavy atom. The number of likely N-dealkylation sites (N-methyl/N-ethyl adjacent to an activating group) is 1. The normalized spacial score (nSPS) is 10.2. The van der Waals surface area contributed by atoms with Crippen LogP contribution in [0.3, 0.4) is 0 Å². The lowest BCUT2D eigenvalue weighted by atomic mass is 10.3. The number of nitrogens with one attached hydrogen (secondary N) is 1. The van der Waals surface area contributed by atoms with Crippen LogP contribution in [0.15, 0.2) is 53.0 Å². The Morgan fingerprint density at radius 2 is 1.80 bits per heavy atom. The van der Waals surface area contributed by atoms with Gasteiger partial charge in [0.15, 0.2) is 0 Å². The molecular weight excluding hydrogens is 316 g/mol. The third kappa shape index (κ3) is 3.90. The Bertz CT molecular complexity index is 542. The van der Waals surface area contributed by atoms with E-state index < -0.39 is 0 Å². The minimum absolute atomic E-state index is 0.880. The number of benzene rings is 2. The molecule has 2 rings (SSSR count). The second-order valence-electron chi connectivity index (χ2n) is 4.53. The SMILES string of the molecule is COc1ccc(N(C)CCNc2ccccc2Br)cc1. The lowest BCUT2D eigenvalue weighted by Crippen LogP contribution is -2.24. The number of rotatable bonds is 6. The van der Waals surface area contributed by atoms with Crippen LogP contribution < -0.4 is 15.0 Å². The maximum atomic E-state index is 5.16. The molecule has 106 valence electrons. The van der Waals surface area contributed by atoms with Crippen LogP contribution in [-0.2, 0) is 0 Å². The molecule has 0 radical (unpaired) electrons.